The summed E-state index contributed by atoms with van der Waals surface area (Å²) in [7, 11) is 0. The lowest BCUT2D eigenvalue weighted by molar-refractivity contribution is -0.518. The van der Waals surface area contributed by atoms with Crippen molar-refractivity contribution in [2.75, 3.05) is 19.6 Å². The highest BCUT2D eigenvalue weighted by Gasteiger charge is 2.33. The Hall–Kier alpha value is -0.530. The molecule has 0 N–H and O–H groups in total. The van der Waals surface area contributed by atoms with Crippen LogP contribution in [-0.2, 0) is 0 Å². The van der Waals surface area contributed by atoms with Crippen molar-refractivity contribution in [3.8, 4) is 0 Å². The van der Waals surface area contributed by atoms with E-state index >= 15 is 0 Å². The zero-order valence-electron chi connectivity index (χ0n) is 8.80. The van der Waals surface area contributed by atoms with E-state index < -0.39 is 0 Å². The fraction of sp³-hybridized carbons (Fsp3) is 0.900. The number of amidine groups is 1. The molecule has 1 atom stereocenters. The van der Waals surface area contributed by atoms with Gasteiger partial charge in [0.1, 0.15) is 12.6 Å². The van der Waals surface area contributed by atoms with E-state index in [0.717, 1.165) is 19.1 Å². The van der Waals surface area contributed by atoms with Crippen molar-refractivity contribution in [1.82, 2.24) is 4.90 Å². The monoisotopic (exact) mass is 169 g/mol. The zero-order chi connectivity index (χ0) is 9.14. The van der Waals surface area contributed by atoms with Crippen LogP contribution in [0.4, 0.5) is 0 Å². The molecule has 70 valence electrons. The van der Waals surface area contributed by atoms with Gasteiger partial charge in [0.05, 0.1) is 13.1 Å². The van der Waals surface area contributed by atoms with Crippen molar-refractivity contribution in [2.45, 2.75) is 40.2 Å². The van der Waals surface area contributed by atoms with Crippen molar-refractivity contribution in [3.63, 3.8) is 0 Å². The molecule has 0 aromatic heterocycles. The molecule has 2 nitrogen and oxygen atoms in total. The molecule has 1 rings (SSSR count). The van der Waals surface area contributed by atoms with Gasteiger partial charge in [-0.05, 0) is 20.3 Å². The van der Waals surface area contributed by atoms with E-state index in [-0.39, 0.29) is 0 Å². The van der Waals surface area contributed by atoms with Crippen LogP contribution < -0.4 is 0 Å². The molecule has 0 aromatic rings. The van der Waals surface area contributed by atoms with E-state index in [1.54, 1.807) is 0 Å². The lowest BCUT2D eigenvalue weighted by atomic mass is 10.2. The minimum absolute atomic E-state index is 0.759. The molecule has 1 unspecified atom stereocenters. The van der Waals surface area contributed by atoms with E-state index in [1.165, 1.54) is 18.8 Å². The van der Waals surface area contributed by atoms with Gasteiger partial charge in [0.2, 0.25) is 5.84 Å². The van der Waals surface area contributed by atoms with Gasteiger partial charge in [-0.1, -0.05) is 6.92 Å². The summed E-state index contributed by atoms with van der Waals surface area (Å²) in [6.07, 6.45) is 1.27. The molecule has 12 heavy (non-hydrogen) atoms. The average Bonchev–Trinajstić information content (AvgIpc) is 2.41. The third-order valence-corrected chi connectivity index (χ3v) is 2.94. The Balaban J connectivity index is 2.73. The Bertz CT molecular complexity index is 184. The quantitative estimate of drug-likeness (QED) is 0.581. The van der Waals surface area contributed by atoms with Crippen LogP contribution in [0.5, 0.6) is 0 Å². The fourth-order valence-corrected chi connectivity index (χ4v) is 2.13. The lowest BCUT2D eigenvalue weighted by Crippen LogP contribution is -2.34. The largest absolute Gasteiger partial charge is 0.262 e. The van der Waals surface area contributed by atoms with Gasteiger partial charge in [-0.15, -0.1) is 0 Å². The van der Waals surface area contributed by atoms with Crippen LogP contribution in [0, 0.1) is 0 Å². The maximum atomic E-state index is 2.52. The topological polar surface area (TPSA) is 6.25 Å². The molecule has 0 aromatic carbocycles. The van der Waals surface area contributed by atoms with Crippen molar-refractivity contribution >= 4 is 5.84 Å². The first-order valence-corrected chi connectivity index (χ1v) is 5.09. The predicted octanol–water partition coefficient (Wildman–Crippen LogP) is 1.55. The molecule has 0 saturated carbocycles. The van der Waals surface area contributed by atoms with Gasteiger partial charge in [0.15, 0.2) is 0 Å². The molecule has 2 heteroatoms. The summed E-state index contributed by atoms with van der Waals surface area (Å²) < 4.78 is 2.47. The van der Waals surface area contributed by atoms with Gasteiger partial charge >= 0.3 is 0 Å². The second-order valence-corrected chi connectivity index (χ2v) is 3.43. The maximum Gasteiger partial charge on any atom is 0.244 e. The molecule has 0 saturated heterocycles. The lowest BCUT2D eigenvalue weighted by Gasteiger charge is -2.15. The summed E-state index contributed by atoms with van der Waals surface area (Å²) in [6.45, 7) is 12.5. The van der Waals surface area contributed by atoms with Crippen molar-refractivity contribution in [3.05, 3.63) is 0 Å². The second-order valence-electron chi connectivity index (χ2n) is 3.43. The number of hydrogen-bond acceptors (Lipinski definition) is 1. The summed E-state index contributed by atoms with van der Waals surface area (Å²) in [5.74, 6) is 1.46. The van der Waals surface area contributed by atoms with Crippen molar-refractivity contribution < 1.29 is 4.58 Å². The highest BCUT2D eigenvalue weighted by atomic mass is 15.3. The molecular weight excluding hydrogens is 148 g/mol. The zero-order valence-corrected chi connectivity index (χ0v) is 8.80. The standard InChI is InChI=1S/C10H21N2/c1-5-10-8-11(6-2)9(4)12(10)7-3/h10H,5-8H2,1-4H3/q+1. The Kier molecular flexibility index (Phi) is 3.12. The number of hydrogen-bond donors (Lipinski definition) is 0. The van der Waals surface area contributed by atoms with Gasteiger partial charge in [0, 0.05) is 6.92 Å². The maximum absolute atomic E-state index is 2.52. The number of nitrogens with zero attached hydrogens (tertiary/aromatic N) is 2. The summed E-state index contributed by atoms with van der Waals surface area (Å²) >= 11 is 0. The third-order valence-electron chi connectivity index (χ3n) is 2.94. The van der Waals surface area contributed by atoms with Crippen LogP contribution in [0.2, 0.25) is 0 Å². The Morgan fingerprint density at radius 2 is 2.08 bits per heavy atom. The molecule has 0 amide bonds. The second kappa shape index (κ2) is 3.92. The van der Waals surface area contributed by atoms with Gasteiger partial charge in [-0.3, -0.25) is 9.48 Å². The minimum atomic E-state index is 0.759. The summed E-state index contributed by atoms with van der Waals surface area (Å²) in [4.78, 5) is 2.52. The highest BCUT2D eigenvalue weighted by Crippen LogP contribution is 2.12. The van der Waals surface area contributed by atoms with Crippen LogP contribution in [0.25, 0.3) is 0 Å². The number of likely N-dealkylation sites (N-methyl/N-ethyl adjacent to an activating group) is 2. The van der Waals surface area contributed by atoms with Crippen molar-refractivity contribution in [2.24, 2.45) is 0 Å². The van der Waals surface area contributed by atoms with Crippen LogP contribution in [-0.4, -0.2) is 41.0 Å². The molecule has 0 bridgehead atoms. The van der Waals surface area contributed by atoms with Gasteiger partial charge in [-0.25, -0.2) is 0 Å². The Morgan fingerprint density at radius 3 is 2.42 bits per heavy atom. The van der Waals surface area contributed by atoms with Crippen molar-refractivity contribution in [1.29, 1.82) is 0 Å². The first-order valence-electron chi connectivity index (χ1n) is 5.09. The molecule has 1 heterocycles. The summed E-state index contributed by atoms with van der Waals surface area (Å²) in [5.41, 5.74) is 0. The van der Waals surface area contributed by atoms with E-state index in [4.69, 9.17) is 0 Å². The molecule has 1 aliphatic heterocycles. The van der Waals surface area contributed by atoms with E-state index in [9.17, 15) is 0 Å². The van der Waals surface area contributed by atoms with E-state index in [2.05, 4.69) is 37.2 Å². The van der Waals surface area contributed by atoms with Gasteiger partial charge in [0.25, 0.3) is 0 Å². The molecule has 0 radical (unpaired) electrons. The smallest absolute Gasteiger partial charge is 0.244 e. The first kappa shape index (κ1) is 9.56. The Morgan fingerprint density at radius 1 is 1.42 bits per heavy atom. The predicted molar refractivity (Wildman–Crippen MR) is 52.8 cm³/mol. The fourth-order valence-electron chi connectivity index (χ4n) is 2.13. The average molecular weight is 169 g/mol. The molecular formula is C10H21N2+. The summed E-state index contributed by atoms with van der Waals surface area (Å²) in [6, 6.07) is 0.759. The van der Waals surface area contributed by atoms with Crippen LogP contribution in [0.15, 0.2) is 0 Å². The molecule has 0 aliphatic carbocycles. The Labute approximate surface area is 75.9 Å². The van der Waals surface area contributed by atoms with E-state index in [0.29, 0.717) is 0 Å². The minimum Gasteiger partial charge on any atom is -0.262 e. The van der Waals surface area contributed by atoms with Gasteiger partial charge in [-0.2, -0.15) is 0 Å². The van der Waals surface area contributed by atoms with Crippen LogP contribution >= 0.6 is 0 Å². The van der Waals surface area contributed by atoms with Crippen LogP contribution in [0.3, 0.4) is 0 Å². The normalized spacial score (nSPS) is 24.0. The SMILES string of the molecule is CCC1C[N+](CC)=C(C)N1CC. The van der Waals surface area contributed by atoms with Gasteiger partial charge < -0.3 is 0 Å². The van der Waals surface area contributed by atoms with E-state index in [1.807, 2.05) is 0 Å². The summed E-state index contributed by atoms with van der Waals surface area (Å²) in [5, 5.41) is 0. The molecule has 0 spiro atoms. The first-order chi connectivity index (χ1) is 5.74. The molecule has 1 aliphatic rings. The van der Waals surface area contributed by atoms with Crippen LogP contribution in [0.1, 0.15) is 34.1 Å². The molecule has 0 fully saturated rings. The number of rotatable bonds is 3. The highest BCUT2D eigenvalue weighted by molar-refractivity contribution is 5.76. The third kappa shape index (κ3) is 1.47.